The van der Waals surface area contributed by atoms with Gasteiger partial charge in [0.1, 0.15) is 5.82 Å². The van der Waals surface area contributed by atoms with E-state index in [9.17, 15) is 9.50 Å². The SMILES string of the molecule is C[C@@H]1CNC[C@H](C)[C@]1(O)c1cccc(F)c1. The predicted octanol–water partition coefficient (Wildman–Crippen LogP) is 1.89. The molecule has 0 aromatic heterocycles. The summed E-state index contributed by atoms with van der Waals surface area (Å²) < 4.78 is 13.2. The van der Waals surface area contributed by atoms with Gasteiger partial charge >= 0.3 is 0 Å². The lowest BCUT2D eigenvalue weighted by Crippen LogP contribution is -2.52. The van der Waals surface area contributed by atoms with Crippen LogP contribution in [0.1, 0.15) is 19.4 Å². The zero-order chi connectivity index (χ0) is 11.8. The smallest absolute Gasteiger partial charge is 0.123 e. The van der Waals surface area contributed by atoms with E-state index >= 15 is 0 Å². The van der Waals surface area contributed by atoms with Crippen LogP contribution in [0.3, 0.4) is 0 Å². The van der Waals surface area contributed by atoms with Gasteiger partial charge in [-0.1, -0.05) is 26.0 Å². The van der Waals surface area contributed by atoms with Gasteiger partial charge in [0.25, 0.3) is 0 Å². The maximum absolute atomic E-state index is 13.2. The van der Waals surface area contributed by atoms with Crippen LogP contribution in [-0.4, -0.2) is 18.2 Å². The molecule has 0 amide bonds. The minimum Gasteiger partial charge on any atom is -0.385 e. The average Bonchev–Trinajstić information content (AvgIpc) is 2.26. The summed E-state index contributed by atoms with van der Waals surface area (Å²) in [5.41, 5.74) is -0.234. The van der Waals surface area contributed by atoms with Crippen molar-refractivity contribution in [3.8, 4) is 0 Å². The Morgan fingerprint density at radius 3 is 2.50 bits per heavy atom. The van der Waals surface area contributed by atoms with Gasteiger partial charge in [0, 0.05) is 24.9 Å². The molecule has 3 atom stereocenters. The molecule has 0 aliphatic carbocycles. The third kappa shape index (κ3) is 1.74. The number of hydrogen-bond acceptors (Lipinski definition) is 2. The van der Waals surface area contributed by atoms with Gasteiger partial charge in [0.15, 0.2) is 0 Å². The van der Waals surface area contributed by atoms with Crippen LogP contribution < -0.4 is 5.32 Å². The molecule has 0 spiro atoms. The van der Waals surface area contributed by atoms with Crippen LogP contribution in [-0.2, 0) is 5.60 Å². The lowest BCUT2D eigenvalue weighted by Gasteiger charge is -2.44. The lowest BCUT2D eigenvalue weighted by molar-refractivity contribution is -0.0808. The second kappa shape index (κ2) is 4.15. The topological polar surface area (TPSA) is 32.3 Å². The van der Waals surface area contributed by atoms with Crippen molar-refractivity contribution in [1.82, 2.24) is 5.32 Å². The summed E-state index contributed by atoms with van der Waals surface area (Å²) in [6.45, 7) is 5.51. The fourth-order valence-electron chi connectivity index (χ4n) is 2.62. The number of piperidine rings is 1. The molecule has 16 heavy (non-hydrogen) atoms. The van der Waals surface area contributed by atoms with Crippen molar-refractivity contribution >= 4 is 0 Å². The Morgan fingerprint density at radius 2 is 1.94 bits per heavy atom. The molecule has 1 aliphatic rings. The molecule has 1 aliphatic heterocycles. The highest BCUT2D eigenvalue weighted by atomic mass is 19.1. The molecule has 1 saturated heterocycles. The summed E-state index contributed by atoms with van der Waals surface area (Å²) in [5, 5.41) is 14.1. The maximum atomic E-state index is 13.2. The second-order valence-corrected chi connectivity index (χ2v) is 4.80. The highest BCUT2D eigenvalue weighted by Gasteiger charge is 2.43. The van der Waals surface area contributed by atoms with Crippen molar-refractivity contribution in [3.63, 3.8) is 0 Å². The standard InChI is InChI=1S/C13H18FNO/c1-9-7-15-8-10(2)13(9,16)11-4-3-5-12(14)6-11/h3-6,9-10,15-16H,7-8H2,1-2H3/t9-,10+,13+. The predicted molar refractivity (Wildman–Crippen MR) is 61.5 cm³/mol. The van der Waals surface area contributed by atoms with Crippen molar-refractivity contribution < 1.29 is 9.50 Å². The van der Waals surface area contributed by atoms with Gasteiger partial charge in [-0.2, -0.15) is 0 Å². The number of hydrogen-bond donors (Lipinski definition) is 2. The molecule has 1 aromatic carbocycles. The van der Waals surface area contributed by atoms with Gasteiger partial charge in [-0.3, -0.25) is 0 Å². The zero-order valence-electron chi connectivity index (χ0n) is 9.70. The molecule has 3 heteroatoms. The molecular weight excluding hydrogens is 205 g/mol. The molecule has 0 bridgehead atoms. The van der Waals surface area contributed by atoms with Gasteiger partial charge in [0.05, 0.1) is 5.60 Å². The Morgan fingerprint density at radius 1 is 1.31 bits per heavy atom. The first-order valence-electron chi connectivity index (χ1n) is 5.74. The fourth-order valence-corrected chi connectivity index (χ4v) is 2.62. The van der Waals surface area contributed by atoms with E-state index in [1.807, 2.05) is 13.8 Å². The Hall–Kier alpha value is -0.930. The molecule has 1 heterocycles. The van der Waals surface area contributed by atoms with Crippen molar-refractivity contribution in [1.29, 1.82) is 0 Å². The Labute approximate surface area is 95.5 Å². The van der Waals surface area contributed by atoms with E-state index in [1.165, 1.54) is 12.1 Å². The highest BCUT2D eigenvalue weighted by molar-refractivity contribution is 5.26. The van der Waals surface area contributed by atoms with Crippen molar-refractivity contribution in [2.24, 2.45) is 11.8 Å². The largest absolute Gasteiger partial charge is 0.385 e. The molecule has 1 fully saturated rings. The van der Waals surface area contributed by atoms with Crippen LogP contribution in [0.15, 0.2) is 24.3 Å². The van der Waals surface area contributed by atoms with Crippen molar-refractivity contribution in [3.05, 3.63) is 35.6 Å². The number of nitrogens with one attached hydrogen (secondary N) is 1. The van der Waals surface area contributed by atoms with Crippen LogP contribution in [0.25, 0.3) is 0 Å². The molecule has 88 valence electrons. The van der Waals surface area contributed by atoms with Gasteiger partial charge in [-0.15, -0.1) is 0 Å². The number of rotatable bonds is 1. The lowest BCUT2D eigenvalue weighted by atomic mass is 9.71. The average molecular weight is 223 g/mol. The van der Waals surface area contributed by atoms with Crippen molar-refractivity contribution in [2.45, 2.75) is 19.4 Å². The monoisotopic (exact) mass is 223 g/mol. The number of aliphatic hydroxyl groups is 1. The van der Waals surface area contributed by atoms with E-state index in [-0.39, 0.29) is 17.7 Å². The van der Waals surface area contributed by atoms with Gasteiger partial charge < -0.3 is 10.4 Å². The maximum Gasteiger partial charge on any atom is 0.123 e. The summed E-state index contributed by atoms with van der Waals surface area (Å²) >= 11 is 0. The van der Waals surface area contributed by atoms with E-state index in [2.05, 4.69) is 5.32 Å². The zero-order valence-corrected chi connectivity index (χ0v) is 9.70. The summed E-state index contributed by atoms with van der Waals surface area (Å²) in [6, 6.07) is 6.31. The summed E-state index contributed by atoms with van der Waals surface area (Å²) in [7, 11) is 0. The molecule has 2 N–H and O–H groups in total. The van der Waals surface area contributed by atoms with Gasteiger partial charge in [-0.05, 0) is 17.7 Å². The first-order chi connectivity index (χ1) is 7.55. The number of benzene rings is 1. The second-order valence-electron chi connectivity index (χ2n) is 4.80. The van der Waals surface area contributed by atoms with Crippen LogP contribution in [0.2, 0.25) is 0 Å². The third-order valence-corrected chi connectivity index (χ3v) is 3.69. The summed E-state index contributed by atoms with van der Waals surface area (Å²) in [4.78, 5) is 0. The minimum absolute atomic E-state index is 0.0815. The van der Waals surface area contributed by atoms with E-state index in [1.54, 1.807) is 12.1 Å². The Kier molecular flexibility index (Phi) is 3.00. The summed E-state index contributed by atoms with van der Waals surface area (Å²) in [6.07, 6.45) is 0. The Bertz CT molecular complexity index is 370. The molecular formula is C13H18FNO. The quantitative estimate of drug-likeness (QED) is 0.762. The molecule has 0 unspecified atom stereocenters. The fraction of sp³-hybridized carbons (Fsp3) is 0.538. The Balaban J connectivity index is 2.42. The van der Waals surface area contributed by atoms with E-state index < -0.39 is 5.60 Å². The van der Waals surface area contributed by atoms with E-state index in [4.69, 9.17) is 0 Å². The first kappa shape index (κ1) is 11.6. The van der Waals surface area contributed by atoms with Gasteiger partial charge in [0.2, 0.25) is 0 Å². The minimum atomic E-state index is -0.923. The van der Waals surface area contributed by atoms with Crippen LogP contribution in [0.4, 0.5) is 4.39 Å². The van der Waals surface area contributed by atoms with E-state index in [0.29, 0.717) is 5.56 Å². The summed E-state index contributed by atoms with van der Waals surface area (Å²) in [5.74, 6) is -0.125. The first-order valence-corrected chi connectivity index (χ1v) is 5.74. The normalized spacial score (nSPS) is 35.0. The molecule has 0 saturated carbocycles. The van der Waals surface area contributed by atoms with Crippen LogP contribution in [0, 0.1) is 17.7 Å². The molecule has 2 nitrogen and oxygen atoms in total. The molecule has 2 rings (SSSR count). The molecule has 1 aromatic rings. The number of halogens is 1. The highest BCUT2D eigenvalue weighted by Crippen LogP contribution is 2.38. The third-order valence-electron chi connectivity index (χ3n) is 3.69. The van der Waals surface area contributed by atoms with Crippen LogP contribution in [0.5, 0.6) is 0 Å². The van der Waals surface area contributed by atoms with E-state index in [0.717, 1.165) is 13.1 Å². The van der Waals surface area contributed by atoms with Gasteiger partial charge in [-0.25, -0.2) is 4.39 Å². The molecule has 0 radical (unpaired) electrons. The van der Waals surface area contributed by atoms with Crippen molar-refractivity contribution in [2.75, 3.05) is 13.1 Å². The van der Waals surface area contributed by atoms with Crippen LogP contribution >= 0.6 is 0 Å².